The first-order chi connectivity index (χ1) is 10.1. The van der Waals surface area contributed by atoms with Gasteiger partial charge in [0.05, 0.1) is 18.0 Å². The van der Waals surface area contributed by atoms with Gasteiger partial charge in [0, 0.05) is 22.1 Å². The summed E-state index contributed by atoms with van der Waals surface area (Å²) in [7, 11) is 0. The molecule has 1 N–H and O–H groups in total. The van der Waals surface area contributed by atoms with Crippen molar-refractivity contribution in [1.29, 1.82) is 0 Å². The average Bonchev–Trinajstić information content (AvgIpc) is 3.19. The Morgan fingerprint density at radius 2 is 2.29 bits per heavy atom. The Labute approximate surface area is 133 Å². The van der Waals surface area contributed by atoms with Gasteiger partial charge in [0.25, 0.3) is 0 Å². The number of carbonyl (C=O) groups excluding carboxylic acids is 1. The molecule has 1 unspecified atom stereocenters. The molecule has 2 aromatic rings. The molecule has 1 fully saturated rings. The number of carbonyl (C=O) groups is 2. The van der Waals surface area contributed by atoms with Crippen molar-refractivity contribution >= 4 is 46.3 Å². The molecule has 0 radical (unpaired) electrons. The fourth-order valence-electron chi connectivity index (χ4n) is 2.06. The van der Waals surface area contributed by atoms with Crippen LogP contribution in [0.3, 0.4) is 0 Å². The van der Waals surface area contributed by atoms with Gasteiger partial charge in [0.1, 0.15) is 11.0 Å². The maximum atomic E-state index is 12.2. The van der Waals surface area contributed by atoms with E-state index >= 15 is 0 Å². The zero-order valence-corrected chi connectivity index (χ0v) is 13.3. The van der Waals surface area contributed by atoms with Gasteiger partial charge in [-0.25, -0.2) is 9.78 Å². The lowest BCUT2D eigenvalue weighted by Crippen LogP contribution is -2.42. The van der Waals surface area contributed by atoms with Crippen LogP contribution in [0, 0.1) is 0 Å². The largest absolute Gasteiger partial charge is 0.480 e. The summed E-state index contributed by atoms with van der Waals surface area (Å²) >= 11 is 4.58. The fourth-order valence-corrected chi connectivity index (χ4v) is 4.76. The maximum Gasteiger partial charge on any atom is 0.327 e. The summed E-state index contributed by atoms with van der Waals surface area (Å²) in [5.74, 6) is -0.213. The summed E-state index contributed by atoms with van der Waals surface area (Å²) in [5.41, 5.74) is 1.76. The third kappa shape index (κ3) is 3.12. The molecule has 21 heavy (non-hydrogen) atoms. The predicted octanol–water partition coefficient (Wildman–Crippen LogP) is 2.40. The molecule has 0 saturated carbocycles. The minimum Gasteiger partial charge on any atom is -0.480 e. The number of thioether (sulfide) groups is 1. The number of hydrogen-bond donors (Lipinski definition) is 1. The number of amides is 1. The molecule has 0 aliphatic carbocycles. The third-order valence-electron chi connectivity index (χ3n) is 3.14. The van der Waals surface area contributed by atoms with Gasteiger partial charge in [-0.15, -0.1) is 23.1 Å². The van der Waals surface area contributed by atoms with Crippen molar-refractivity contribution in [2.45, 2.75) is 12.5 Å². The summed E-state index contributed by atoms with van der Waals surface area (Å²) in [6.45, 7) is 0. The monoisotopic (exact) mass is 340 g/mol. The molecule has 1 atom stereocenters. The van der Waals surface area contributed by atoms with E-state index in [1.165, 1.54) is 28.0 Å². The van der Waals surface area contributed by atoms with E-state index in [-0.39, 0.29) is 12.3 Å². The van der Waals surface area contributed by atoms with Gasteiger partial charge in [0.2, 0.25) is 5.91 Å². The maximum absolute atomic E-state index is 12.2. The Morgan fingerprint density at radius 1 is 1.43 bits per heavy atom. The van der Waals surface area contributed by atoms with Crippen LogP contribution in [0.25, 0.3) is 10.6 Å². The molecule has 2 aromatic heterocycles. The predicted molar refractivity (Wildman–Crippen MR) is 84.7 cm³/mol. The first-order valence-electron chi connectivity index (χ1n) is 6.22. The number of carboxylic acid groups (broad SMARTS) is 1. The molecule has 0 spiro atoms. The number of aromatic nitrogens is 1. The van der Waals surface area contributed by atoms with Gasteiger partial charge < -0.3 is 10.0 Å². The van der Waals surface area contributed by atoms with E-state index < -0.39 is 12.0 Å². The smallest absolute Gasteiger partial charge is 0.327 e. The van der Waals surface area contributed by atoms with Crippen LogP contribution in [0.4, 0.5) is 0 Å². The lowest BCUT2D eigenvalue weighted by Gasteiger charge is -2.19. The number of thiazole rings is 1. The number of aliphatic carboxylic acids is 1. The zero-order valence-electron chi connectivity index (χ0n) is 10.9. The second-order valence-electron chi connectivity index (χ2n) is 4.55. The number of rotatable bonds is 4. The zero-order chi connectivity index (χ0) is 14.8. The highest BCUT2D eigenvalue weighted by Crippen LogP contribution is 2.27. The van der Waals surface area contributed by atoms with Crippen LogP contribution in [0.5, 0.6) is 0 Å². The summed E-state index contributed by atoms with van der Waals surface area (Å²) in [6, 6.07) is 1.28. The van der Waals surface area contributed by atoms with Crippen molar-refractivity contribution in [2.24, 2.45) is 0 Å². The molecule has 0 aromatic carbocycles. The van der Waals surface area contributed by atoms with E-state index in [1.54, 1.807) is 11.3 Å². The molecule has 1 aliphatic heterocycles. The van der Waals surface area contributed by atoms with Crippen LogP contribution in [0.2, 0.25) is 0 Å². The second-order valence-corrected chi connectivity index (χ2v) is 7.19. The minimum absolute atomic E-state index is 0.158. The number of nitrogens with zero attached hydrogens (tertiary/aromatic N) is 2. The van der Waals surface area contributed by atoms with Gasteiger partial charge in [0.15, 0.2) is 0 Å². The Morgan fingerprint density at radius 3 is 3.00 bits per heavy atom. The Hall–Kier alpha value is -1.38. The van der Waals surface area contributed by atoms with Crippen molar-refractivity contribution < 1.29 is 14.7 Å². The lowest BCUT2D eigenvalue weighted by molar-refractivity contribution is -0.147. The minimum atomic E-state index is -0.939. The molecule has 1 aliphatic rings. The van der Waals surface area contributed by atoms with Crippen LogP contribution in [0.15, 0.2) is 22.2 Å². The van der Waals surface area contributed by atoms with Gasteiger partial charge in [-0.05, 0) is 11.4 Å². The highest BCUT2D eigenvalue weighted by Gasteiger charge is 2.34. The van der Waals surface area contributed by atoms with E-state index in [0.717, 1.165) is 10.6 Å². The normalized spacial score (nSPS) is 18.1. The molecule has 3 rings (SSSR count). The van der Waals surface area contributed by atoms with Crippen molar-refractivity contribution in [3.8, 4) is 10.6 Å². The van der Waals surface area contributed by atoms with Gasteiger partial charge in [-0.1, -0.05) is 0 Å². The topological polar surface area (TPSA) is 70.5 Å². The van der Waals surface area contributed by atoms with Crippen LogP contribution in [-0.2, 0) is 16.0 Å². The molecule has 8 heteroatoms. The first-order valence-corrected chi connectivity index (χ1v) is 9.20. The number of carboxylic acids is 1. The van der Waals surface area contributed by atoms with Crippen LogP contribution < -0.4 is 0 Å². The summed E-state index contributed by atoms with van der Waals surface area (Å²) < 4.78 is 0. The Bertz CT molecular complexity index is 653. The van der Waals surface area contributed by atoms with Crippen molar-refractivity contribution in [3.05, 3.63) is 27.9 Å². The van der Waals surface area contributed by atoms with E-state index in [9.17, 15) is 9.59 Å². The van der Waals surface area contributed by atoms with Crippen molar-refractivity contribution in [2.75, 3.05) is 11.6 Å². The molecular formula is C13H12N2O3S3. The summed E-state index contributed by atoms with van der Waals surface area (Å²) in [5, 5.41) is 15.9. The summed E-state index contributed by atoms with van der Waals surface area (Å²) in [6.07, 6.45) is 0.158. The third-order valence-corrected chi connectivity index (χ3v) is 5.78. The standard InChI is InChI=1S/C13H12N2O3S3/c16-11(15-7-20-6-10(15)13(17)18)3-9-5-21-12(14-9)8-1-2-19-4-8/h1-2,4-5,10H,3,6-7H2,(H,17,18). The molecule has 5 nitrogen and oxygen atoms in total. The molecule has 0 bridgehead atoms. The van der Waals surface area contributed by atoms with Crippen LogP contribution in [-0.4, -0.2) is 44.5 Å². The Balaban J connectivity index is 1.69. The Kier molecular flexibility index (Phi) is 4.27. The van der Waals surface area contributed by atoms with Crippen LogP contribution >= 0.6 is 34.4 Å². The molecule has 1 amide bonds. The van der Waals surface area contributed by atoms with Crippen molar-refractivity contribution in [1.82, 2.24) is 9.88 Å². The highest BCUT2D eigenvalue weighted by atomic mass is 32.2. The van der Waals surface area contributed by atoms with E-state index in [0.29, 0.717) is 17.3 Å². The SMILES string of the molecule is O=C(O)C1CSCN1C(=O)Cc1csc(-c2ccsc2)n1. The van der Waals surface area contributed by atoms with E-state index in [1.807, 2.05) is 22.2 Å². The quantitative estimate of drug-likeness (QED) is 0.925. The number of hydrogen-bond acceptors (Lipinski definition) is 6. The van der Waals surface area contributed by atoms with Gasteiger partial charge >= 0.3 is 5.97 Å². The average molecular weight is 340 g/mol. The second kappa shape index (κ2) is 6.17. The lowest BCUT2D eigenvalue weighted by atomic mass is 10.2. The summed E-state index contributed by atoms with van der Waals surface area (Å²) in [4.78, 5) is 29.2. The first kappa shape index (κ1) is 14.6. The van der Waals surface area contributed by atoms with Crippen molar-refractivity contribution in [3.63, 3.8) is 0 Å². The fraction of sp³-hybridized carbons (Fsp3) is 0.308. The highest BCUT2D eigenvalue weighted by molar-refractivity contribution is 7.99. The molecule has 110 valence electrons. The van der Waals surface area contributed by atoms with Crippen LogP contribution in [0.1, 0.15) is 5.69 Å². The molecule has 3 heterocycles. The number of thiophene rings is 1. The van der Waals surface area contributed by atoms with Gasteiger partial charge in [-0.2, -0.15) is 11.3 Å². The van der Waals surface area contributed by atoms with E-state index in [2.05, 4.69) is 4.98 Å². The van der Waals surface area contributed by atoms with Gasteiger partial charge in [-0.3, -0.25) is 4.79 Å². The molecule has 1 saturated heterocycles. The van der Waals surface area contributed by atoms with E-state index in [4.69, 9.17) is 5.11 Å². The molecular weight excluding hydrogens is 328 g/mol.